The van der Waals surface area contributed by atoms with Crippen LogP contribution in [0.4, 0.5) is 5.82 Å². The smallest absolute Gasteiger partial charge is 0.200 e. The van der Waals surface area contributed by atoms with Crippen LogP contribution in [0.3, 0.4) is 0 Å². The summed E-state index contributed by atoms with van der Waals surface area (Å²) >= 11 is 1.71. The number of fused-ring (bicyclic) bond motifs is 1. The van der Waals surface area contributed by atoms with Crippen LogP contribution in [0.1, 0.15) is 11.6 Å². The molecule has 0 aliphatic heterocycles. The SMILES string of the molecule is CN(C)[C@H](CNc1ccc2nnnn2n1)c1ccsc1. The highest BCUT2D eigenvalue weighted by Crippen LogP contribution is 2.21. The second-order valence-corrected chi connectivity index (χ2v) is 5.44. The maximum absolute atomic E-state index is 4.30. The van der Waals surface area contributed by atoms with Gasteiger partial charge in [-0.25, -0.2) is 0 Å². The molecule has 0 saturated carbocycles. The standard InChI is InChI=1S/C12H15N7S/c1-18(2)10(9-5-6-20-8-9)7-13-11-3-4-12-14-16-17-19(12)15-11/h3-6,8,10H,7H2,1-2H3,(H,13,15)/t10-/m1/s1. The zero-order valence-electron chi connectivity index (χ0n) is 11.3. The van der Waals surface area contributed by atoms with E-state index >= 15 is 0 Å². The normalized spacial score (nSPS) is 12.9. The van der Waals surface area contributed by atoms with Gasteiger partial charge in [-0.05, 0) is 59.0 Å². The molecule has 1 N–H and O–H groups in total. The van der Waals surface area contributed by atoms with Gasteiger partial charge in [0.05, 0.1) is 6.04 Å². The fraction of sp³-hybridized carbons (Fsp3) is 0.333. The molecule has 0 spiro atoms. The molecule has 7 nitrogen and oxygen atoms in total. The van der Waals surface area contributed by atoms with Gasteiger partial charge < -0.3 is 10.2 Å². The van der Waals surface area contributed by atoms with E-state index in [0.717, 1.165) is 12.4 Å². The lowest BCUT2D eigenvalue weighted by atomic mass is 10.1. The van der Waals surface area contributed by atoms with E-state index in [2.05, 4.69) is 61.8 Å². The number of hydrogen-bond donors (Lipinski definition) is 1. The first-order chi connectivity index (χ1) is 9.74. The van der Waals surface area contributed by atoms with Crippen molar-refractivity contribution in [3.8, 4) is 0 Å². The Kier molecular flexibility index (Phi) is 3.57. The zero-order chi connectivity index (χ0) is 13.9. The highest BCUT2D eigenvalue weighted by molar-refractivity contribution is 7.07. The Morgan fingerprint density at radius 2 is 2.25 bits per heavy atom. The molecule has 8 heteroatoms. The Bertz CT molecular complexity index is 676. The van der Waals surface area contributed by atoms with Crippen LogP contribution in [0, 0.1) is 0 Å². The molecule has 0 saturated heterocycles. The second kappa shape index (κ2) is 5.51. The van der Waals surface area contributed by atoms with Gasteiger partial charge in [0.1, 0.15) is 5.82 Å². The van der Waals surface area contributed by atoms with Crippen LogP contribution in [-0.4, -0.2) is 50.8 Å². The molecule has 1 atom stereocenters. The van der Waals surface area contributed by atoms with E-state index in [-0.39, 0.29) is 0 Å². The molecule has 3 aromatic heterocycles. The third-order valence-corrected chi connectivity index (χ3v) is 3.80. The van der Waals surface area contributed by atoms with E-state index in [1.807, 2.05) is 12.1 Å². The molecule has 0 aliphatic rings. The summed E-state index contributed by atoms with van der Waals surface area (Å²) in [6.45, 7) is 0.768. The summed E-state index contributed by atoms with van der Waals surface area (Å²) in [6, 6.07) is 6.17. The lowest BCUT2D eigenvalue weighted by Gasteiger charge is -2.24. The summed E-state index contributed by atoms with van der Waals surface area (Å²) in [5.74, 6) is 0.756. The van der Waals surface area contributed by atoms with Gasteiger partial charge >= 0.3 is 0 Å². The predicted octanol–water partition coefficient (Wildman–Crippen LogP) is 1.30. The maximum Gasteiger partial charge on any atom is 0.200 e. The topological polar surface area (TPSA) is 71.2 Å². The largest absolute Gasteiger partial charge is 0.367 e. The number of likely N-dealkylation sites (N-methyl/N-ethyl adjacent to an activating group) is 1. The van der Waals surface area contributed by atoms with Gasteiger partial charge in [-0.2, -0.15) is 11.3 Å². The van der Waals surface area contributed by atoms with Gasteiger partial charge in [0.2, 0.25) is 0 Å². The van der Waals surface area contributed by atoms with Crippen molar-refractivity contribution in [3.63, 3.8) is 0 Å². The Balaban J connectivity index is 1.73. The Morgan fingerprint density at radius 3 is 3.00 bits per heavy atom. The number of tetrazole rings is 1. The lowest BCUT2D eigenvalue weighted by Crippen LogP contribution is -2.26. The molecule has 20 heavy (non-hydrogen) atoms. The van der Waals surface area contributed by atoms with E-state index in [9.17, 15) is 0 Å². The lowest BCUT2D eigenvalue weighted by molar-refractivity contribution is 0.312. The third kappa shape index (κ3) is 2.61. The van der Waals surface area contributed by atoms with Gasteiger partial charge in [-0.1, -0.05) is 0 Å². The average molecular weight is 289 g/mol. The Morgan fingerprint density at radius 1 is 1.35 bits per heavy atom. The molecule has 0 aliphatic carbocycles. The van der Waals surface area contributed by atoms with Crippen LogP contribution >= 0.6 is 11.3 Å². The molecule has 0 aromatic carbocycles. The van der Waals surface area contributed by atoms with Gasteiger partial charge in [-0.3, -0.25) is 0 Å². The fourth-order valence-electron chi connectivity index (χ4n) is 2.01. The van der Waals surface area contributed by atoms with Gasteiger partial charge in [0.15, 0.2) is 5.65 Å². The molecule has 0 unspecified atom stereocenters. The number of anilines is 1. The van der Waals surface area contributed by atoms with Crippen molar-refractivity contribution >= 4 is 22.8 Å². The monoisotopic (exact) mass is 289 g/mol. The summed E-state index contributed by atoms with van der Waals surface area (Å²) < 4.78 is 1.41. The van der Waals surface area contributed by atoms with E-state index in [0.29, 0.717) is 11.7 Å². The predicted molar refractivity (Wildman–Crippen MR) is 77.8 cm³/mol. The van der Waals surface area contributed by atoms with E-state index in [1.165, 1.54) is 10.2 Å². The number of nitrogens with zero attached hydrogens (tertiary/aromatic N) is 6. The van der Waals surface area contributed by atoms with Crippen LogP contribution in [0.25, 0.3) is 5.65 Å². The number of thiophene rings is 1. The Hall–Kier alpha value is -2.06. The number of hydrogen-bond acceptors (Lipinski definition) is 7. The molecular formula is C12H15N7S. The summed E-state index contributed by atoms with van der Waals surface area (Å²) in [4.78, 5) is 2.19. The third-order valence-electron chi connectivity index (χ3n) is 3.10. The summed E-state index contributed by atoms with van der Waals surface area (Å²) in [5, 5.41) is 23.1. The molecule has 0 bridgehead atoms. The fourth-order valence-corrected chi connectivity index (χ4v) is 2.72. The van der Waals surface area contributed by atoms with Crippen molar-refractivity contribution in [2.75, 3.05) is 26.0 Å². The van der Waals surface area contributed by atoms with Crippen LogP contribution in [0.2, 0.25) is 0 Å². The van der Waals surface area contributed by atoms with Crippen molar-refractivity contribution in [2.24, 2.45) is 0 Å². The Labute approximate surface area is 120 Å². The number of rotatable bonds is 5. The van der Waals surface area contributed by atoms with Crippen molar-refractivity contribution in [3.05, 3.63) is 34.5 Å². The maximum atomic E-state index is 4.30. The minimum absolute atomic E-state index is 0.299. The molecule has 3 rings (SSSR count). The minimum atomic E-state index is 0.299. The highest BCUT2D eigenvalue weighted by Gasteiger charge is 2.14. The first-order valence-electron chi connectivity index (χ1n) is 6.22. The van der Waals surface area contributed by atoms with Crippen LogP contribution < -0.4 is 5.32 Å². The van der Waals surface area contributed by atoms with Crippen molar-refractivity contribution < 1.29 is 0 Å². The molecular weight excluding hydrogens is 274 g/mol. The van der Waals surface area contributed by atoms with Crippen molar-refractivity contribution in [1.29, 1.82) is 0 Å². The second-order valence-electron chi connectivity index (χ2n) is 4.66. The van der Waals surface area contributed by atoms with E-state index in [1.54, 1.807) is 11.3 Å². The summed E-state index contributed by atoms with van der Waals surface area (Å²) in [7, 11) is 4.14. The molecule has 0 fully saturated rings. The summed E-state index contributed by atoms with van der Waals surface area (Å²) in [5.41, 5.74) is 1.94. The molecule has 0 radical (unpaired) electrons. The number of nitrogens with one attached hydrogen (secondary N) is 1. The highest BCUT2D eigenvalue weighted by atomic mass is 32.1. The van der Waals surface area contributed by atoms with Crippen LogP contribution in [0.15, 0.2) is 29.0 Å². The molecule has 3 heterocycles. The van der Waals surface area contributed by atoms with E-state index in [4.69, 9.17) is 0 Å². The molecule has 3 aromatic rings. The first kappa shape index (κ1) is 12.9. The summed E-state index contributed by atoms with van der Waals surface area (Å²) in [6.07, 6.45) is 0. The average Bonchev–Trinajstić information content (AvgIpc) is 3.08. The quantitative estimate of drug-likeness (QED) is 0.763. The first-order valence-corrected chi connectivity index (χ1v) is 7.16. The van der Waals surface area contributed by atoms with Crippen LogP contribution in [0.5, 0.6) is 0 Å². The van der Waals surface area contributed by atoms with Gasteiger partial charge in [0, 0.05) is 6.54 Å². The number of aromatic nitrogens is 5. The zero-order valence-corrected chi connectivity index (χ0v) is 12.1. The van der Waals surface area contributed by atoms with Gasteiger partial charge in [0.25, 0.3) is 0 Å². The van der Waals surface area contributed by atoms with Gasteiger partial charge in [-0.15, -0.1) is 14.8 Å². The van der Waals surface area contributed by atoms with Crippen LogP contribution in [-0.2, 0) is 0 Å². The molecule has 0 amide bonds. The molecule has 104 valence electrons. The van der Waals surface area contributed by atoms with Crippen molar-refractivity contribution in [1.82, 2.24) is 30.2 Å². The van der Waals surface area contributed by atoms with E-state index < -0.39 is 0 Å². The minimum Gasteiger partial charge on any atom is -0.367 e. The van der Waals surface area contributed by atoms with Crippen molar-refractivity contribution in [2.45, 2.75) is 6.04 Å².